The van der Waals surface area contributed by atoms with Crippen molar-refractivity contribution in [1.29, 1.82) is 0 Å². The number of carbonyl (C=O) groups excluding carboxylic acids is 1. The number of carbonyl (C=O) groups is 1. The lowest BCUT2D eigenvalue weighted by atomic mass is 10.2. The van der Waals surface area contributed by atoms with Crippen molar-refractivity contribution < 1.29 is 4.79 Å². The number of rotatable bonds is 3. The van der Waals surface area contributed by atoms with E-state index < -0.39 is 0 Å². The van der Waals surface area contributed by atoms with Crippen molar-refractivity contribution in [2.24, 2.45) is 0 Å². The van der Waals surface area contributed by atoms with Gasteiger partial charge in [-0.3, -0.25) is 14.6 Å². The fraction of sp³-hybridized carbons (Fsp3) is 0.941. The summed E-state index contributed by atoms with van der Waals surface area (Å²) in [7, 11) is 0. The second kappa shape index (κ2) is 7.75. The van der Waals surface area contributed by atoms with Crippen molar-refractivity contribution >= 4 is 5.91 Å². The Morgan fingerprint density at radius 1 is 1.00 bits per heavy atom. The highest BCUT2D eigenvalue weighted by molar-refractivity contribution is 5.81. The van der Waals surface area contributed by atoms with Crippen molar-refractivity contribution in [2.75, 3.05) is 52.4 Å². The molecule has 1 N–H and O–H groups in total. The Labute approximate surface area is 135 Å². The van der Waals surface area contributed by atoms with Gasteiger partial charge in [-0.25, -0.2) is 0 Å². The maximum atomic E-state index is 12.8. The summed E-state index contributed by atoms with van der Waals surface area (Å²) < 4.78 is 0. The third-order valence-corrected chi connectivity index (χ3v) is 5.69. The molecule has 0 aromatic rings. The molecule has 0 radical (unpaired) electrons. The van der Waals surface area contributed by atoms with E-state index in [1.165, 1.54) is 32.1 Å². The molecule has 2 atom stereocenters. The molecule has 3 fully saturated rings. The maximum Gasteiger partial charge on any atom is 0.239 e. The summed E-state index contributed by atoms with van der Waals surface area (Å²) >= 11 is 0. The number of piperazine rings is 1. The normalized spacial score (nSPS) is 30.2. The molecular weight excluding hydrogens is 276 g/mol. The number of nitrogens with one attached hydrogen (secondary N) is 1. The van der Waals surface area contributed by atoms with Gasteiger partial charge in [0, 0.05) is 58.4 Å². The van der Waals surface area contributed by atoms with Crippen LogP contribution in [0.5, 0.6) is 0 Å². The van der Waals surface area contributed by atoms with Gasteiger partial charge in [0.2, 0.25) is 5.91 Å². The maximum absolute atomic E-state index is 12.8. The summed E-state index contributed by atoms with van der Waals surface area (Å²) in [5.74, 6) is 0.364. The second-order valence-corrected chi connectivity index (χ2v) is 7.14. The molecule has 0 aliphatic carbocycles. The molecule has 5 heteroatoms. The third kappa shape index (κ3) is 3.81. The predicted octanol–water partition coefficient (Wildman–Crippen LogP) is 0.757. The fourth-order valence-corrected chi connectivity index (χ4v) is 4.18. The highest BCUT2D eigenvalue weighted by Crippen LogP contribution is 2.20. The Hall–Kier alpha value is -0.650. The summed E-state index contributed by atoms with van der Waals surface area (Å²) in [4.78, 5) is 19.9. The summed E-state index contributed by atoms with van der Waals surface area (Å²) in [6.07, 6.45) is 6.15. The minimum Gasteiger partial charge on any atom is -0.341 e. The SMILES string of the molecule is CC(C(=O)N1CCCCCC1)N1CCC(N2CCNCC2)C1. The molecule has 3 heterocycles. The highest BCUT2D eigenvalue weighted by Gasteiger charge is 2.34. The topological polar surface area (TPSA) is 38.8 Å². The Balaban J connectivity index is 1.51. The number of hydrogen-bond donors (Lipinski definition) is 1. The van der Waals surface area contributed by atoms with E-state index in [1.54, 1.807) is 0 Å². The summed E-state index contributed by atoms with van der Waals surface area (Å²) in [6, 6.07) is 0.715. The van der Waals surface area contributed by atoms with Gasteiger partial charge in [-0.2, -0.15) is 0 Å². The number of likely N-dealkylation sites (tertiary alicyclic amines) is 2. The van der Waals surface area contributed by atoms with E-state index in [2.05, 4.69) is 26.9 Å². The zero-order valence-corrected chi connectivity index (χ0v) is 14.1. The monoisotopic (exact) mass is 308 g/mol. The molecule has 0 spiro atoms. The molecule has 3 rings (SSSR count). The average molecular weight is 308 g/mol. The van der Waals surface area contributed by atoms with Gasteiger partial charge in [0.15, 0.2) is 0 Å². The highest BCUT2D eigenvalue weighted by atomic mass is 16.2. The predicted molar refractivity (Wildman–Crippen MR) is 88.9 cm³/mol. The zero-order valence-electron chi connectivity index (χ0n) is 14.1. The van der Waals surface area contributed by atoms with Crippen LogP contribution in [-0.2, 0) is 4.79 Å². The van der Waals surface area contributed by atoms with E-state index in [1.807, 2.05) is 0 Å². The van der Waals surface area contributed by atoms with Gasteiger partial charge in [-0.15, -0.1) is 0 Å². The number of hydrogen-bond acceptors (Lipinski definition) is 4. The largest absolute Gasteiger partial charge is 0.341 e. The first-order valence-electron chi connectivity index (χ1n) is 9.23. The summed E-state index contributed by atoms with van der Waals surface area (Å²) in [5.41, 5.74) is 0. The van der Waals surface area contributed by atoms with Crippen LogP contribution < -0.4 is 5.32 Å². The molecule has 3 aliphatic rings. The first-order chi connectivity index (χ1) is 10.8. The van der Waals surface area contributed by atoms with Crippen LogP contribution in [0.25, 0.3) is 0 Å². The number of amides is 1. The Kier molecular flexibility index (Phi) is 5.71. The summed E-state index contributed by atoms with van der Waals surface area (Å²) in [6.45, 7) is 10.7. The van der Waals surface area contributed by atoms with Crippen LogP contribution in [0.1, 0.15) is 39.0 Å². The van der Waals surface area contributed by atoms with Gasteiger partial charge in [0.05, 0.1) is 6.04 Å². The zero-order chi connectivity index (χ0) is 15.4. The quantitative estimate of drug-likeness (QED) is 0.835. The van der Waals surface area contributed by atoms with Gasteiger partial charge >= 0.3 is 0 Å². The first-order valence-corrected chi connectivity index (χ1v) is 9.23. The first kappa shape index (κ1) is 16.2. The van der Waals surface area contributed by atoms with E-state index in [-0.39, 0.29) is 6.04 Å². The molecule has 3 saturated heterocycles. The lowest BCUT2D eigenvalue weighted by molar-refractivity contribution is -0.136. The van der Waals surface area contributed by atoms with Crippen molar-refractivity contribution in [3.63, 3.8) is 0 Å². The third-order valence-electron chi connectivity index (χ3n) is 5.69. The van der Waals surface area contributed by atoms with E-state index in [0.717, 1.165) is 52.4 Å². The molecule has 5 nitrogen and oxygen atoms in total. The van der Waals surface area contributed by atoms with Gasteiger partial charge in [0.1, 0.15) is 0 Å². The lowest BCUT2D eigenvalue weighted by Crippen LogP contribution is -2.51. The van der Waals surface area contributed by atoms with Crippen molar-refractivity contribution in [3.05, 3.63) is 0 Å². The van der Waals surface area contributed by atoms with E-state index in [0.29, 0.717) is 11.9 Å². The van der Waals surface area contributed by atoms with E-state index in [4.69, 9.17) is 0 Å². The van der Waals surface area contributed by atoms with Gasteiger partial charge in [-0.1, -0.05) is 12.8 Å². The van der Waals surface area contributed by atoms with Crippen LogP contribution in [0.2, 0.25) is 0 Å². The Morgan fingerprint density at radius 2 is 1.68 bits per heavy atom. The molecule has 0 aromatic heterocycles. The van der Waals surface area contributed by atoms with Crippen LogP contribution >= 0.6 is 0 Å². The fourth-order valence-electron chi connectivity index (χ4n) is 4.18. The van der Waals surface area contributed by atoms with Crippen LogP contribution in [0, 0.1) is 0 Å². The average Bonchev–Trinajstić information content (AvgIpc) is 2.90. The van der Waals surface area contributed by atoms with Crippen LogP contribution in [0.4, 0.5) is 0 Å². The molecule has 3 aliphatic heterocycles. The lowest BCUT2D eigenvalue weighted by Gasteiger charge is -2.34. The van der Waals surface area contributed by atoms with Crippen molar-refractivity contribution in [1.82, 2.24) is 20.0 Å². The summed E-state index contributed by atoms with van der Waals surface area (Å²) in [5, 5.41) is 3.42. The minimum absolute atomic E-state index is 0.0611. The van der Waals surface area contributed by atoms with Gasteiger partial charge < -0.3 is 10.2 Å². The van der Waals surface area contributed by atoms with Crippen molar-refractivity contribution in [2.45, 2.75) is 51.1 Å². The molecule has 0 saturated carbocycles. The molecule has 1 amide bonds. The molecule has 126 valence electrons. The van der Waals surface area contributed by atoms with E-state index in [9.17, 15) is 4.79 Å². The minimum atomic E-state index is 0.0611. The van der Waals surface area contributed by atoms with Crippen LogP contribution in [0.15, 0.2) is 0 Å². The Morgan fingerprint density at radius 3 is 2.36 bits per heavy atom. The number of nitrogens with zero attached hydrogens (tertiary/aromatic N) is 3. The molecule has 22 heavy (non-hydrogen) atoms. The molecule has 0 aromatic carbocycles. The standard InChI is InChI=1S/C17H32N4O/c1-15(17(22)20-9-4-2-3-5-10-20)21-11-6-16(14-21)19-12-7-18-8-13-19/h15-16,18H,2-14H2,1H3. The Bertz CT molecular complexity index is 362. The van der Waals surface area contributed by atoms with Crippen LogP contribution in [-0.4, -0.2) is 85.0 Å². The van der Waals surface area contributed by atoms with Crippen LogP contribution in [0.3, 0.4) is 0 Å². The smallest absolute Gasteiger partial charge is 0.239 e. The molecule has 0 bridgehead atoms. The second-order valence-electron chi connectivity index (χ2n) is 7.14. The van der Waals surface area contributed by atoms with Crippen molar-refractivity contribution in [3.8, 4) is 0 Å². The van der Waals surface area contributed by atoms with Gasteiger partial charge in [-0.05, 0) is 26.2 Å². The molecule has 2 unspecified atom stereocenters. The van der Waals surface area contributed by atoms with Gasteiger partial charge in [0.25, 0.3) is 0 Å². The molecular formula is C17H32N4O. The van der Waals surface area contributed by atoms with E-state index >= 15 is 0 Å².